The van der Waals surface area contributed by atoms with Crippen molar-refractivity contribution in [2.24, 2.45) is 10.9 Å². The second-order valence-electron chi connectivity index (χ2n) is 8.53. The Morgan fingerprint density at radius 1 is 1.33 bits per heavy atom. The number of pyridine rings is 1. The average molecular weight is 429 g/mol. The first-order valence-corrected chi connectivity index (χ1v) is 10.9. The summed E-state index contributed by atoms with van der Waals surface area (Å²) in [5.41, 5.74) is 1.10. The van der Waals surface area contributed by atoms with E-state index >= 15 is 0 Å². The van der Waals surface area contributed by atoms with Gasteiger partial charge in [0.05, 0.1) is 0 Å². The predicted octanol–water partition coefficient (Wildman–Crippen LogP) is 3.93. The molecule has 1 amide bonds. The molecule has 2 aliphatic heterocycles. The third-order valence-electron chi connectivity index (χ3n) is 5.22. The zero-order valence-electron chi connectivity index (χ0n) is 17.2. The van der Waals surface area contributed by atoms with E-state index in [0.717, 1.165) is 23.4 Å². The highest BCUT2D eigenvalue weighted by Crippen LogP contribution is 2.43. The van der Waals surface area contributed by atoms with Crippen molar-refractivity contribution in [3.63, 3.8) is 0 Å². The molecule has 0 unspecified atom stereocenters. The minimum atomic E-state index is -0.582. The van der Waals surface area contributed by atoms with Crippen molar-refractivity contribution in [2.75, 3.05) is 18.8 Å². The average Bonchev–Trinajstić information content (AvgIpc) is 3.11. The van der Waals surface area contributed by atoms with Gasteiger partial charge in [-0.3, -0.25) is 5.32 Å². The van der Waals surface area contributed by atoms with Crippen LogP contribution in [0, 0.1) is 11.9 Å². The number of alkyl carbamates (subject to hydrolysis) is 1. The Kier molecular flexibility index (Phi) is 5.55. The van der Waals surface area contributed by atoms with Crippen molar-refractivity contribution in [3.8, 4) is 11.1 Å². The molecule has 1 fully saturated rings. The molecule has 1 aromatic carbocycles. The van der Waals surface area contributed by atoms with Gasteiger partial charge in [0.2, 0.25) is 5.95 Å². The van der Waals surface area contributed by atoms with Gasteiger partial charge in [-0.2, -0.15) is 4.39 Å². The second-order valence-corrected chi connectivity index (χ2v) is 9.54. The number of nitrogens with one attached hydrogen (secondary N) is 2. The van der Waals surface area contributed by atoms with Gasteiger partial charge in [-0.05, 0) is 50.1 Å². The number of benzene rings is 1. The van der Waals surface area contributed by atoms with Gasteiger partial charge in [0, 0.05) is 36.5 Å². The third kappa shape index (κ3) is 4.20. The van der Waals surface area contributed by atoms with Gasteiger partial charge in [-0.1, -0.05) is 30.0 Å². The van der Waals surface area contributed by atoms with Gasteiger partial charge < -0.3 is 10.1 Å². The van der Waals surface area contributed by atoms with Crippen LogP contribution in [0.1, 0.15) is 26.3 Å². The molecule has 2 aliphatic rings. The number of nitrogens with zero attached hydrogens (tertiary/aromatic N) is 2. The topological polar surface area (TPSA) is 75.6 Å². The van der Waals surface area contributed by atoms with Gasteiger partial charge in [0.15, 0.2) is 5.17 Å². The first-order valence-electron chi connectivity index (χ1n) is 9.92. The van der Waals surface area contributed by atoms with Crippen molar-refractivity contribution >= 4 is 23.0 Å². The lowest BCUT2D eigenvalue weighted by molar-refractivity contribution is 0.0564. The minimum Gasteiger partial charge on any atom is -0.444 e. The van der Waals surface area contributed by atoms with Gasteiger partial charge in [0.1, 0.15) is 11.1 Å². The molecule has 4 rings (SSSR count). The number of rotatable bonds is 2. The number of amides is 1. The summed E-state index contributed by atoms with van der Waals surface area (Å²) in [7, 11) is 0. The van der Waals surface area contributed by atoms with Crippen LogP contribution in [0.4, 0.5) is 9.18 Å². The van der Waals surface area contributed by atoms with E-state index in [1.165, 1.54) is 18.0 Å². The van der Waals surface area contributed by atoms with E-state index in [1.54, 1.807) is 12.1 Å². The summed E-state index contributed by atoms with van der Waals surface area (Å²) in [5.74, 6) is 0.580. The summed E-state index contributed by atoms with van der Waals surface area (Å²) in [6.45, 7) is 6.95. The molecule has 0 spiro atoms. The number of aliphatic imine (C=N–C) groups is 1. The largest absolute Gasteiger partial charge is 0.444 e. The minimum absolute atomic E-state index is 0.265. The molecule has 6 nitrogen and oxygen atoms in total. The predicted molar refractivity (Wildman–Crippen MR) is 117 cm³/mol. The maximum atomic E-state index is 14.2. The van der Waals surface area contributed by atoms with E-state index in [-0.39, 0.29) is 5.92 Å². The molecule has 3 heterocycles. The first kappa shape index (κ1) is 20.8. The van der Waals surface area contributed by atoms with Crippen molar-refractivity contribution in [1.82, 2.24) is 15.6 Å². The summed E-state index contributed by atoms with van der Waals surface area (Å²) in [6.07, 6.45) is 0.926. The fourth-order valence-corrected chi connectivity index (χ4v) is 5.02. The highest BCUT2D eigenvalue weighted by Gasteiger charge is 2.47. The molecule has 2 atom stereocenters. The van der Waals surface area contributed by atoms with Crippen LogP contribution in [-0.2, 0) is 10.3 Å². The first-order chi connectivity index (χ1) is 14.3. The lowest BCUT2D eigenvalue weighted by atomic mass is 9.81. The Balaban J connectivity index is 1.68. The molecule has 0 radical (unpaired) electrons. The van der Waals surface area contributed by atoms with Gasteiger partial charge >= 0.3 is 6.09 Å². The number of hydrogen-bond acceptors (Lipinski definition) is 6. The van der Waals surface area contributed by atoms with E-state index in [4.69, 9.17) is 9.73 Å². The lowest BCUT2D eigenvalue weighted by Gasteiger charge is -2.36. The quantitative estimate of drug-likeness (QED) is 0.709. The molecule has 2 aromatic rings. The Hall–Kier alpha value is -2.45. The van der Waals surface area contributed by atoms with Gasteiger partial charge in [0.25, 0.3) is 0 Å². The number of fused-ring (bicyclic) bond motifs is 1. The SMILES string of the molecule is CC(C)(C)OC(=O)NC1=N[C@@]2(c3cccc(-c4cccnc4F)c3)CNC[C@H]2CS1. The van der Waals surface area contributed by atoms with Crippen LogP contribution in [0.5, 0.6) is 0 Å². The second kappa shape index (κ2) is 8.00. The number of thioether (sulfide) groups is 1. The number of carbonyl (C=O) groups excluding carboxylic acids is 1. The van der Waals surface area contributed by atoms with Crippen molar-refractivity contribution in [2.45, 2.75) is 31.9 Å². The number of carbonyl (C=O) groups is 1. The van der Waals surface area contributed by atoms with Crippen molar-refractivity contribution in [1.29, 1.82) is 0 Å². The molecule has 0 bridgehead atoms. The van der Waals surface area contributed by atoms with E-state index in [2.05, 4.69) is 15.6 Å². The van der Waals surface area contributed by atoms with Gasteiger partial charge in [-0.15, -0.1) is 0 Å². The lowest BCUT2D eigenvalue weighted by Crippen LogP contribution is -2.43. The smallest absolute Gasteiger partial charge is 0.413 e. The Morgan fingerprint density at radius 3 is 2.93 bits per heavy atom. The van der Waals surface area contributed by atoms with Crippen LogP contribution in [0.2, 0.25) is 0 Å². The number of ether oxygens (including phenoxy) is 1. The molecule has 1 saturated heterocycles. The van der Waals surface area contributed by atoms with Crippen LogP contribution in [0.3, 0.4) is 0 Å². The molecule has 30 heavy (non-hydrogen) atoms. The normalized spacial score (nSPS) is 23.5. The molecular weight excluding hydrogens is 403 g/mol. The molecule has 1 aromatic heterocycles. The Labute approximate surface area is 179 Å². The Morgan fingerprint density at radius 2 is 2.17 bits per heavy atom. The third-order valence-corrected chi connectivity index (χ3v) is 6.26. The molecule has 158 valence electrons. The summed E-state index contributed by atoms with van der Waals surface area (Å²) in [5, 5.41) is 6.77. The Bertz CT molecular complexity index is 991. The summed E-state index contributed by atoms with van der Waals surface area (Å²) in [4.78, 5) is 21.0. The van der Waals surface area contributed by atoms with E-state index in [0.29, 0.717) is 17.3 Å². The standard InChI is InChI=1S/C22H25FN4O2S/c1-21(2,3)29-20(28)26-19-27-22(13-24-11-16(22)12-30-19)15-7-4-6-14(10-15)17-8-5-9-25-18(17)23/h4-10,16,24H,11-13H2,1-3H3,(H,26,27,28)/t16-,22+/m0/s1. The maximum Gasteiger partial charge on any atom is 0.413 e. The number of amidine groups is 1. The van der Waals surface area contributed by atoms with Crippen molar-refractivity contribution in [3.05, 3.63) is 54.1 Å². The number of hydrogen-bond donors (Lipinski definition) is 2. The van der Waals surface area contributed by atoms with Crippen LogP contribution < -0.4 is 10.6 Å². The maximum absolute atomic E-state index is 14.2. The zero-order chi connectivity index (χ0) is 21.4. The van der Waals surface area contributed by atoms with Crippen LogP contribution in [-0.4, -0.2) is 40.7 Å². The van der Waals surface area contributed by atoms with Crippen LogP contribution in [0.25, 0.3) is 11.1 Å². The summed E-state index contributed by atoms with van der Waals surface area (Å²) in [6, 6.07) is 11.2. The molecule has 0 aliphatic carbocycles. The van der Waals surface area contributed by atoms with Gasteiger partial charge in [-0.25, -0.2) is 14.8 Å². The highest BCUT2D eigenvalue weighted by atomic mass is 32.2. The summed E-state index contributed by atoms with van der Waals surface area (Å²) < 4.78 is 19.6. The van der Waals surface area contributed by atoms with E-state index < -0.39 is 23.2 Å². The number of halogens is 1. The fraction of sp³-hybridized carbons (Fsp3) is 0.409. The van der Waals surface area contributed by atoms with Crippen LogP contribution >= 0.6 is 11.8 Å². The highest BCUT2D eigenvalue weighted by molar-refractivity contribution is 8.13. The monoisotopic (exact) mass is 428 g/mol. The molecule has 2 N–H and O–H groups in total. The number of aromatic nitrogens is 1. The molecule has 8 heteroatoms. The molecule has 0 saturated carbocycles. The summed E-state index contributed by atoms with van der Waals surface area (Å²) >= 11 is 1.52. The van der Waals surface area contributed by atoms with Crippen molar-refractivity contribution < 1.29 is 13.9 Å². The van der Waals surface area contributed by atoms with E-state index in [1.807, 2.05) is 45.0 Å². The zero-order valence-corrected chi connectivity index (χ0v) is 18.1. The molecular formula is C22H25FN4O2S. The van der Waals surface area contributed by atoms with E-state index in [9.17, 15) is 9.18 Å². The van der Waals surface area contributed by atoms with Crippen LogP contribution in [0.15, 0.2) is 47.6 Å². The fourth-order valence-electron chi connectivity index (χ4n) is 3.89.